The predicted octanol–water partition coefficient (Wildman–Crippen LogP) is 5.91. The van der Waals surface area contributed by atoms with Gasteiger partial charge < -0.3 is 4.52 Å². The van der Waals surface area contributed by atoms with Gasteiger partial charge in [0.05, 0.1) is 0 Å². The van der Waals surface area contributed by atoms with E-state index in [0.717, 1.165) is 29.6 Å². The van der Waals surface area contributed by atoms with Crippen molar-refractivity contribution in [3.63, 3.8) is 0 Å². The van der Waals surface area contributed by atoms with Gasteiger partial charge in [-0.15, -0.1) is 0 Å². The van der Waals surface area contributed by atoms with Gasteiger partial charge in [0.2, 0.25) is 5.91 Å². The van der Waals surface area contributed by atoms with Gasteiger partial charge in [0.1, 0.15) is 0 Å². The summed E-state index contributed by atoms with van der Waals surface area (Å²) in [4.78, 5) is 11.7. The second kappa shape index (κ2) is 15.0. The van der Waals surface area contributed by atoms with E-state index in [1.165, 1.54) is 58.5 Å². The highest BCUT2D eigenvalue weighted by atomic mass is 79.9. The third kappa shape index (κ3) is 13.0. The molecule has 0 saturated heterocycles. The van der Waals surface area contributed by atoms with Crippen molar-refractivity contribution < 1.29 is 13.9 Å². The summed E-state index contributed by atoms with van der Waals surface area (Å²) in [5.41, 5.74) is 0. The lowest BCUT2D eigenvalue weighted by molar-refractivity contribution is -0.119. The maximum Gasteiger partial charge on any atom is 0.352 e. The summed E-state index contributed by atoms with van der Waals surface area (Å²) in [5, 5.41) is 3.60. The number of amides is 1. The van der Waals surface area contributed by atoms with Crippen LogP contribution in [0.1, 0.15) is 70.6 Å². The number of hydrogen-bond acceptors (Lipinski definition) is 4. The van der Waals surface area contributed by atoms with Crippen LogP contribution in [0.2, 0.25) is 0 Å². The minimum atomic E-state index is -3.01. The molecule has 0 rings (SSSR count). The van der Waals surface area contributed by atoms with E-state index >= 15 is 0 Å². The number of carbonyl (C=O) groups excluding carboxylic acids is 1. The molecule has 1 N–H and O–H groups in total. The van der Waals surface area contributed by atoms with Crippen LogP contribution in [0.4, 0.5) is 0 Å². The zero-order chi connectivity index (χ0) is 16.7. The average Bonchev–Trinajstić information content (AvgIpc) is 2.52. The standard InChI is InChI=1S/C15H31BrNO3PS/c1-20-21(19,22-2)17-15(18)13-11-9-7-5-3-4-6-8-10-12-14-16/h3-14H2,1-2H3,(H,17,18,19). The SMILES string of the molecule is COP(=O)(NC(=O)CCCCCCCCCCCCBr)SC. The molecule has 4 nitrogen and oxygen atoms in total. The van der Waals surface area contributed by atoms with E-state index in [9.17, 15) is 9.36 Å². The Labute approximate surface area is 148 Å². The highest BCUT2D eigenvalue weighted by Gasteiger charge is 2.22. The maximum absolute atomic E-state index is 11.9. The fourth-order valence-electron chi connectivity index (χ4n) is 2.17. The van der Waals surface area contributed by atoms with E-state index in [2.05, 4.69) is 21.0 Å². The van der Waals surface area contributed by atoms with Crippen LogP contribution in [-0.4, -0.2) is 24.6 Å². The molecule has 0 aliphatic rings. The Hall–Kier alpha value is 0.490. The van der Waals surface area contributed by atoms with E-state index in [4.69, 9.17) is 4.52 Å². The Morgan fingerprint density at radius 3 is 1.86 bits per heavy atom. The molecule has 0 aromatic carbocycles. The number of halogens is 1. The normalized spacial score (nSPS) is 13.8. The van der Waals surface area contributed by atoms with Crippen molar-refractivity contribution in [2.45, 2.75) is 70.6 Å². The molecule has 0 radical (unpaired) electrons. The summed E-state index contributed by atoms with van der Waals surface area (Å²) in [6.07, 6.45) is 14.4. The first-order valence-corrected chi connectivity index (χ1v) is 12.7. The fraction of sp³-hybridized carbons (Fsp3) is 0.933. The zero-order valence-electron chi connectivity index (χ0n) is 13.9. The van der Waals surface area contributed by atoms with Crippen molar-refractivity contribution in [3.8, 4) is 0 Å². The molecule has 1 unspecified atom stereocenters. The summed E-state index contributed by atoms with van der Waals surface area (Å²) >= 11 is 4.51. The highest BCUT2D eigenvalue weighted by Crippen LogP contribution is 2.53. The van der Waals surface area contributed by atoms with Crippen LogP contribution < -0.4 is 5.09 Å². The van der Waals surface area contributed by atoms with Crippen molar-refractivity contribution >= 4 is 39.9 Å². The molecule has 1 amide bonds. The Kier molecular flexibility index (Phi) is 15.4. The van der Waals surface area contributed by atoms with Gasteiger partial charge in [-0.1, -0.05) is 78.7 Å². The van der Waals surface area contributed by atoms with Gasteiger partial charge in [0, 0.05) is 18.9 Å². The lowest BCUT2D eigenvalue weighted by atomic mass is 10.1. The first kappa shape index (κ1) is 22.5. The van der Waals surface area contributed by atoms with Crippen LogP contribution in [0.5, 0.6) is 0 Å². The van der Waals surface area contributed by atoms with Crippen LogP contribution in [0.25, 0.3) is 0 Å². The van der Waals surface area contributed by atoms with Crippen molar-refractivity contribution in [1.29, 1.82) is 0 Å². The zero-order valence-corrected chi connectivity index (χ0v) is 17.2. The predicted molar refractivity (Wildman–Crippen MR) is 101 cm³/mol. The van der Waals surface area contributed by atoms with Crippen molar-refractivity contribution in [1.82, 2.24) is 5.09 Å². The molecule has 0 aromatic heterocycles. The molecule has 1 atom stereocenters. The Morgan fingerprint density at radius 1 is 1.00 bits per heavy atom. The summed E-state index contributed by atoms with van der Waals surface area (Å²) in [7, 11) is 1.36. The topological polar surface area (TPSA) is 55.4 Å². The average molecular weight is 416 g/mol. The number of alkyl halides is 1. The van der Waals surface area contributed by atoms with Crippen LogP contribution in [0, 0.1) is 0 Å². The highest BCUT2D eigenvalue weighted by molar-refractivity contribution is 9.09. The molecule has 0 fully saturated rings. The molecule has 7 heteroatoms. The van der Waals surface area contributed by atoms with Gasteiger partial charge in [-0.05, 0) is 19.1 Å². The number of hydrogen-bond donors (Lipinski definition) is 1. The molecule has 0 aliphatic carbocycles. The third-order valence-corrected chi connectivity index (χ3v) is 7.74. The molecule has 0 heterocycles. The molecule has 0 aliphatic heterocycles. The van der Waals surface area contributed by atoms with E-state index in [1.54, 1.807) is 6.26 Å². The first-order valence-electron chi connectivity index (χ1n) is 8.16. The van der Waals surface area contributed by atoms with Crippen molar-refractivity contribution in [2.24, 2.45) is 0 Å². The van der Waals surface area contributed by atoms with Gasteiger partial charge in [-0.3, -0.25) is 14.4 Å². The summed E-state index contributed by atoms with van der Waals surface area (Å²) < 4.78 is 16.7. The van der Waals surface area contributed by atoms with Crippen molar-refractivity contribution in [2.75, 3.05) is 18.7 Å². The van der Waals surface area contributed by atoms with E-state index in [1.807, 2.05) is 0 Å². The quantitative estimate of drug-likeness (QED) is 0.205. The molecule has 0 aromatic rings. The van der Waals surface area contributed by atoms with Crippen LogP contribution in [-0.2, 0) is 13.9 Å². The van der Waals surface area contributed by atoms with Gasteiger partial charge in [-0.2, -0.15) is 0 Å². The maximum atomic E-state index is 11.9. The molecule has 0 spiro atoms. The number of rotatable bonds is 15. The summed E-state index contributed by atoms with van der Waals surface area (Å²) in [6.45, 7) is -3.01. The lowest BCUT2D eigenvalue weighted by Crippen LogP contribution is -2.19. The lowest BCUT2D eigenvalue weighted by Gasteiger charge is -2.14. The number of unbranched alkanes of at least 4 members (excludes halogenated alkanes) is 9. The number of carbonyl (C=O) groups is 1. The van der Waals surface area contributed by atoms with E-state index < -0.39 is 6.72 Å². The van der Waals surface area contributed by atoms with Gasteiger partial charge in [0.25, 0.3) is 0 Å². The fourth-order valence-corrected chi connectivity index (χ4v) is 4.34. The van der Waals surface area contributed by atoms with E-state index in [0.29, 0.717) is 6.42 Å². The summed E-state index contributed by atoms with van der Waals surface area (Å²) in [5.74, 6) is -0.175. The molecule has 22 heavy (non-hydrogen) atoms. The molecule has 132 valence electrons. The van der Waals surface area contributed by atoms with Crippen LogP contribution in [0.15, 0.2) is 0 Å². The molecular weight excluding hydrogens is 385 g/mol. The largest absolute Gasteiger partial charge is 0.352 e. The second-order valence-electron chi connectivity index (χ2n) is 5.37. The molecular formula is C15H31BrNO3PS. The van der Waals surface area contributed by atoms with Gasteiger partial charge in [-0.25, -0.2) is 0 Å². The Morgan fingerprint density at radius 2 is 1.45 bits per heavy atom. The smallest absolute Gasteiger partial charge is 0.309 e. The first-order chi connectivity index (χ1) is 10.6. The van der Waals surface area contributed by atoms with Gasteiger partial charge >= 0.3 is 6.72 Å². The summed E-state index contributed by atoms with van der Waals surface area (Å²) in [6, 6.07) is 0. The van der Waals surface area contributed by atoms with Crippen LogP contribution >= 0.6 is 34.0 Å². The van der Waals surface area contributed by atoms with Gasteiger partial charge in [0.15, 0.2) is 0 Å². The van der Waals surface area contributed by atoms with E-state index in [-0.39, 0.29) is 5.91 Å². The third-order valence-electron chi connectivity index (χ3n) is 3.53. The second-order valence-corrected chi connectivity index (χ2v) is 10.7. The minimum Gasteiger partial charge on any atom is -0.309 e. The Bertz CT molecular complexity index is 324. The Balaban J connectivity index is 3.39. The number of nitrogens with one attached hydrogen (secondary N) is 1. The van der Waals surface area contributed by atoms with Crippen molar-refractivity contribution in [3.05, 3.63) is 0 Å². The van der Waals surface area contributed by atoms with Crippen LogP contribution in [0.3, 0.4) is 0 Å². The molecule has 0 saturated carbocycles. The monoisotopic (exact) mass is 415 g/mol. The molecule has 0 bridgehead atoms. The minimum absolute atomic E-state index is 0.175.